The zero-order valence-corrected chi connectivity index (χ0v) is 23.7. The Hall–Kier alpha value is -2.51. The third kappa shape index (κ3) is 6.92. The van der Waals surface area contributed by atoms with E-state index < -0.39 is 43.3 Å². The molecule has 0 heterocycles. The maximum Gasteiger partial charge on any atom is 0.338 e. The normalized spacial score (nSPS) is 12.1. The van der Waals surface area contributed by atoms with Crippen molar-refractivity contribution in [3.8, 4) is 0 Å². The van der Waals surface area contributed by atoms with Crippen LogP contribution in [-0.2, 0) is 14.8 Å². The zero-order valence-electron chi connectivity index (χ0n) is 19.1. The van der Waals surface area contributed by atoms with Crippen LogP contribution in [-0.4, -0.2) is 36.6 Å². The second kappa shape index (κ2) is 12.1. The molecule has 2 amide bonds. The van der Waals surface area contributed by atoms with Gasteiger partial charge in [-0.2, -0.15) is 0 Å². The van der Waals surface area contributed by atoms with E-state index in [1.807, 2.05) is 0 Å². The number of nitrogens with one attached hydrogen (secondary N) is 2. The summed E-state index contributed by atoms with van der Waals surface area (Å²) in [4.78, 5) is 37.9. The number of primary sulfonamides is 1. The molecule has 200 valence electrons. The summed E-state index contributed by atoms with van der Waals surface area (Å²) in [7, 11) is -3.85. The molecule has 0 saturated carbocycles. The highest BCUT2D eigenvalue weighted by atomic mass is 35.5. The molecule has 3 aromatic carbocycles. The number of carbonyl (C=O) groups is 3. The Morgan fingerprint density at radius 1 is 0.868 bits per heavy atom. The van der Waals surface area contributed by atoms with Gasteiger partial charge in [0.05, 0.1) is 41.4 Å². The van der Waals surface area contributed by atoms with Gasteiger partial charge >= 0.3 is 5.97 Å². The lowest BCUT2D eigenvalue weighted by Gasteiger charge is -2.15. The second-order valence-electron chi connectivity index (χ2n) is 7.61. The minimum atomic E-state index is -3.85. The van der Waals surface area contributed by atoms with Gasteiger partial charge in [-0.3, -0.25) is 9.59 Å². The standard InChI is InChI=1S/C23H17Cl4N3O6S2/c1-10(21(31)29-11-5-7-14(8-6-11)38(28,35)36)37-13-4-2-3-12(9-13)30-22(32)15-16(23(33)34)18(25)20(27)19(26)17(15)24/h2-10H,1H3,(H,29,31)(H,30,32)(H,33,34)(H2,28,35,36). The molecule has 1 atom stereocenters. The van der Waals surface area contributed by atoms with Crippen LogP contribution in [0, 0.1) is 0 Å². The first-order chi connectivity index (χ1) is 17.7. The molecule has 0 spiro atoms. The van der Waals surface area contributed by atoms with Gasteiger partial charge in [0.25, 0.3) is 5.91 Å². The fourth-order valence-corrected chi connectivity index (χ4v) is 5.58. The predicted molar refractivity (Wildman–Crippen MR) is 150 cm³/mol. The molecule has 0 saturated heterocycles. The van der Waals surface area contributed by atoms with Crippen LogP contribution in [0.2, 0.25) is 20.1 Å². The summed E-state index contributed by atoms with van der Waals surface area (Å²) < 4.78 is 22.7. The van der Waals surface area contributed by atoms with Crippen LogP contribution < -0.4 is 15.8 Å². The number of carboxylic acid groups (broad SMARTS) is 1. The van der Waals surface area contributed by atoms with E-state index >= 15 is 0 Å². The highest BCUT2D eigenvalue weighted by Crippen LogP contribution is 2.42. The minimum Gasteiger partial charge on any atom is -0.478 e. The molecule has 0 aliphatic rings. The number of hydrogen-bond donors (Lipinski definition) is 4. The largest absolute Gasteiger partial charge is 0.478 e. The van der Waals surface area contributed by atoms with Crippen LogP contribution in [0.4, 0.5) is 11.4 Å². The summed E-state index contributed by atoms with van der Waals surface area (Å²) in [6, 6.07) is 11.8. The molecule has 9 nitrogen and oxygen atoms in total. The Kier molecular flexibility index (Phi) is 9.58. The summed E-state index contributed by atoms with van der Waals surface area (Å²) in [5.41, 5.74) is -0.405. The SMILES string of the molecule is CC(Sc1cccc(NC(=O)c2c(Cl)c(Cl)c(Cl)c(Cl)c2C(=O)O)c1)C(=O)Nc1ccc(S(N)(=O)=O)cc1. The fraction of sp³-hybridized carbons (Fsp3) is 0.0870. The van der Waals surface area contributed by atoms with Crippen LogP contribution in [0.25, 0.3) is 0 Å². The lowest BCUT2D eigenvalue weighted by atomic mass is 10.1. The first-order valence-electron chi connectivity index (χ1n) is 10.3. The topological polar surface area (TPSA) is 156 Å². The van der Waals surface area contributed by atoms with Crippen LogP contribution in [0.5, 0.6) is 0 Å². The number of sulfonamides is 1. The number of hydrogen-bond acceptors (Lipinski definition) is 6. The van der Waals surface area contributed by atoms with E-state index in [2.05, 4.69) is 10.6 Å². The molecule has 3 rings (SSSR count). The molecule has 0 radical (unpaired) electrons. The highest BCUT2D eigenvalue weighted by molar-refractivity contribution is 8.00. The van der Waals surface area contributed by atoms with Crippen molar-refractivity contribution in [2.24, 2.45) is 5.14 Å². The third-order valence-corrected chi connectivity index (χ3v) is 8.76. The van der Waals surface area contributed by atoms with E-state index in [1.165, 1.54) is 36.0 Å². The number of amides is 2. The lowest BCUT2D eigenvalue weighted by molar-refractivity contribution is -0.115. The molecule has 0 bridgehead atoms. The maximum atomic E-state index is 13.0. The summed E-state index contributed by atoms with van der Waals surface area (Å²) in [6.45, 7) is 1.65. The van der Waals surface area contributed by atoms with Gasteiger partial charge in [-0.15, -0.1) is 11.8 Å². The van der Waals surface area contributed by atoms with E-state index in [9.17, 15) is 27.9 Å². The van der Waals surface area contributed by atoms with Gasteiger partial charge in [0, 0.05) is 16.3 Å². The predicted octanol–water partition coefficient (Wildman–Crippen LogP) is 6.02. The van der Waals surface area contributed by atoms with Gasteiger partial charge in [0.15, 0.2) is 0 Å². The molecule has 1 unspecified atom stereocenters. The van der Waals surface area contributed by atoms with Crippen LogP contribution in [0.15, 0.2) is 58.3 Å². The van der Waals surface area contributed by atoms with Crippen molar-refractivity contribution in [1.82, 2.24) is 0 Å². The average molecular weight is 637 g/mol. The van der Waals surface area contributed by atoms with E-state index in [4.69, 9.17) is 51.5 Å². The number of carbonyl (C=O) groups excluding carboxylic acids is 2. The second-order valence-corrected chi connectivity index (χ2v) is 12.1. The van der Waals surface area contributed by atoms with Crippen molar-refractivity contribution in [2.45, 2.75) is 22.0 Å². The number of nitrogens with two attached hydrogens (primary N) is 1. The smallest absolute Gasteiger partial charge is 0.338 e. The Morgan fingerprint density at radius 2 is 1.45 bits per heavy atom. The van der Waals surface area contributed by atoms with Gasteiger partial charge in [-0.25, -0.2) is 18.4 Å². The fourth-order valence-electron chi connectivity index (χ4n) is 3.12. The number of thioether (sulfide) groups is 1. The van der Waals surface area contributed by atoms with E-state index in [0.29, 0.717) is 10.6 Å². The Bertz CT molecular complexity index is 1550. The van der Waals surface area contributed by atoms with Crippen molar-refractivity contribution in [2.75, 3.05) is 10.6 Å². The number of rotatable bonds is 8. The van der Waals surface area contributed by atoms with Crippen LogP contribution >= 0.6 is 58.2 Å². The number of anilines is 2. The Labute approximate surface area is 241 Å². The molecule has 3 aromatic rings. The van der Waals surface area contributed by atoms with Crippen molar-refractivity contribution in [3.05, 3.63) is 79.7 Å². The van der Waals surface area contributed by atoms with E-state index in [0.717, 1.165) is 0 Å². The summed E-state index contributed by atoms with van der Waals surface area (Å²) in [5.74, 6) is -2.77. The van der Waals surface area contributed by atoms with Crippen molar-refractivity contribution < 1.29 is 27.9 Å². The maximum absolute atomic E-state index is 13.0. The molecule has 0 aliphatic heterocycles. The van der Waals surface area contributed by atoms with Gasteiger partial charge in [-0.1, -0.05) is 52.5 Å². The molecule has 0 aromatic heterocycles. The molecule has 0 aliphatic carbocycles. The van der Waals surface area contributed by atoms with Gasteiger partial charge in [0.2, 0.25) is 15.9 Å². The molecular weight excluding hydrogens is 620 g/mol. The van der Waals surface area contributed by atoms with Crippen molar-refractivity contribution in [3.63, 3.8) is 0 Å². The molecule has 5 N–H and O–H groups in total. The molecular formula is C23H17Cl4N3O6S2. The summed E-state index contributed by atoms with van der Waals surface area (Å²) in [5, 5.41) is 17.9. The van der Waals surface area contributed by atoms with Crippen LogP contribution in [0.1, 0.15) is 27.6 Å². The van der Waals surface area contributed by atoms with Crippen molar-refractivity contribution >= 4 is 97.3 Å². The minimum absolute atomic E-state index is 0.0864. The highest BCUT2D eigenvalue weighted by Gasteiger charge is 2.29. The molecule has 38 heavy (non-hydrogen) atoms. The first kappa shape index (κ1) is 30.0. The average Bonchev–Trinajstić information content (AvgIpc) is 2.84. The van der Waals surface area contributed by atoms with Crippen LogP contribution in [0.3, 0.4) is 0 Å². The molecule has 15 heteroatoms. The number of carboxylic acids is 1. The molecule has 0 fully saturated rings. The van der Waals surface area contributed by atoms with Gasteiger partial charge < -0.3 is 15.7 Å². The monoisotopic (exact) mass is 635 g/mol. The zero-order chi connectivity index (χ0) is 28.4. The van der Waals surface area contributed by atoms with E-state index in [-0.39, 0.29) is 31.6 Å². The summed E-state index contributed by atoms with van der Waals surface area (Å²) >= 11 is 25.3. The number of halogens is 4. The Balaban J connectivity index is 1.75. The lowest BCUT2D eigenvalue weighted by Crippen LogP contribution is -2.22. The first-order valence-corrected chi connectivity index (χ1v) is 14.3. The quantitative estimate of drug-likeness (QED) is 0.134. The van der Waals surface area contributed by atoms with E-state index in [1.54, 1.807) is 31.2 Å². The van der Waals surface area contributed by atoms with Gasteiger partial charge in [-0.05, 0) is 49.4 Å². The summed E-state index contributed by atoms with van der Waals surface area (Å²) in [6.07, 6.45) is 0. The number of benzene rings is 3. The number of aromatic carboxylic acids is 1. The Morgan fingerprint density at radius 3 is 2.00 bits per heavy atom. The van der Waals surface area contributed by atoms with Crippen molar-refractivity contribution in [1.29, 1.82) is 0 Å². The third-order valence-electron chi connectivity index (χ3n) is 4.93. The van der Waals surface area contributed by atoms with Gasteiger partial charge in [0.1, 0.15) is 0 Å².